The van der Waals surface area contributed by atoms with Crippen LogP contribution in [0.5, 0.6) is 0 Å². The number of rotatable bonds is 6. The van der Waals surface area contributed by atoms with E-state index in [1.54, 1.807) is 18.2 Å². The summed E-state index contributed by atoms with van der Waals surface area (Å²) in [7, 11) is 1.74. The van der Waals surface area contributed by atoms with Crippen molar-refractivity contribution in [3.05, 3.63) is 35.4 Å². The van der Waals surface area contributed by atoms with Gasteiger partial charge in [0.05, 0.1) is 6.61 Å². The first-order chi connectivity index (χ1) is 10.3. The number of nitrogens with one attached hydrogen (secondary N) is 1. The summed E-state index contributed by atoms with van der Waals surface area (Å²) in [5.74, 6) is 1.47. The highest BCUT2D eigenvalue weighted by atomic mass is 16.5. The molecule has 1 saturated carbocycles. The van der Waals surface area contributed by atoms with E-state index < -0.39 is 0 Å². The Morgan fingerprint density at radius 2 is 1.81 bits per heavy atom. The predicted octanol–water partition coefficient (Wildman–Crippen LogP) is 2.17. The first-order valence-electron chi connectivity index (χ1n) is 8.24. The molecule has 1 aromatic carbocycles. The van der Waals surface area contributed by atoms with E-state index in [2.05, 4.69) is 29.6 Å². The standard InChI is InChI=1S/C18H27NO2/c1-21-12-17(8-9-20)19-18-15-6-7-16(18)11-14-5-3-2-4-13(14)10-15/h2-5,15-20H,6-12H2,1H3. The molecule has 3 nitrogen and oxygen atoms in total. The smallest absolute Gasteiger partial charge is 0.0616 e. The molecule has 2 N–H and O–H groups in total. The van der Waals surface area contributed by atoms with Crippen molar-refractivity contribution in [1.82, 2.24) is 5.32 Å². The lowest BCUT2D eigenvalue weighted by Gasteiger charge is -2.29. The highest BCUT2D eigenvalue weighted by Crippen LogP contribution is 2.40. The van der Waals surface area contributed by atoms with Crippen LogP contribution in [-0.2, 0) is 17.6 Å². The highest BCUT2D eigenvalue weighted by molar-refractivity contribution is 5.30. The second-order valence-electron chi connectivity index (χ2n) is 6.63. The van der Waals surface area contributed by atoms with Crippen LogP contribution in [0, 0.1) is 11.8 Å². The molecule has 0 spiro atoms. The van der Waals surface area contributed by atoms with Crippen molar-refractivity contribution in [3.63, 3.8) is 0 Å². The Bertz CT molecular complexity index is 423. The topological polar surface area (TPSA) is 41.5 Å². The van der Waals surface area contributed by atoms with E-state index in [-0.39, 0.29) is 12.6 Å². The van der Waals surface area contributed by atoms with Crippen molar-refractivity contribution in [2.24, 2.45) is 11.8 Å². The van der Waals surface area contributed by atoms with E-state index in [0.717, 1.165) is 18.3 Å². The maximum Gasteiger partial charge on any atom is 0.0616 e. The summed E-state index contributed by atoms with van der Waals surface area (Å²) in [6, 6.07) is 9.78. The first-order valence-corrected chi connectivity index (χ1v) is 8.24. The summed E-state index contributed by atoms with van der Waals surface area (Å²) in [6.45, 7) is 0.909. The van der Waals surface area contributed by atoms with Crippen LogP contribution >= 0.6 is 0 Å². The summed E-state index contributed by atoms with van der Waals surface area (Å²) < 4.78 is 5.31. The third kappa shape index (κ3) is 3.31. The number of benzene rings is 1. The molecule has 21 heavy (non-hydrogen) atoms. The molecule has 3 unspecified atom stereocenters. The van der Waals surface area contributed by atoms with Crippen molar-refractivity contribution >= 4 is 0 Å². The zero-order valence-electron chi connectivity index (χ0n) is 12.9. The van der Waals surface area contributed by atoms with Crippen LogP contribution in [0.2, 0.25) is 0 Å². The fourth-order valence-electron chi connectivity index (χ4n) is 4.27. The van der Waals surface area contributed by atoms with Gasteiger partial charge in [-0.2, -0.15) is 0 Å². The molecule has 0 radical (unpaired) electrons. The molecule has 1 aromatic rings. The lowest BCUT2D eigenvalue weighted by Crippen LogP contribution is -2.46. The summed E-state index contributed by atoms with van der Waals surface area (Å²) in [5.41, 5.74) is 3.09. The molecule has 0 heterocycles. The number of fused-ring (bicyclic) bond motifs is 3. The van der Waals surface area contributed by atoms with Crippen LogP contribution < -0.4 is 5.32 Å². The van der Waals surface area contributed by atoms with Crippen LogP contribution in [0.15, 0.2) is 24.3 Å². The lowest BCUT2D eigenvalue weighted by molar-refractivity contribution is 0.133. The zero-order valence-corrected chi connectivity index (χ0v) is 12.9. The predicted molar refractivity (Wildman–Crippen MR) is 84.4 cm³/mol. The van der Waals surface area contributed by atoms with Gasteiger partial charge in [-0.15, -0.1) is 0 Å². The van der Waals surface area contributed by atoms with Crippen molar-refractivity contribution in [2.45, 2.75) is 44.2 Å². The van der Waals surface area contributed by atoms with Gasteiger partial charge >= 0.3 is 0 Å². The van der Waals surface area contributed by atoms with Crippen LogP contribution in [0.25, 0.3) is 0 Å². The molecule has 3 atom stereocenters. The Labute approximate surface area is 127 Å². The molecule has 2 bridgehead atoms. The number of aliphatic hydroxyl groups is 1. The number of aliphatic hydroxyl groups excluding tert-OH is 1. The largest absolute Gasteiger partial charge is 0.396 e. The van der Waals surface area contributed by atoms with Gasteiger partial charge in [0.25, 0.3) is 0 Å². The summed E-state index contributed by atoms with van der Waals surface area (Å²) in [5, 5.41) is 13.1. The van der Waals surface area contributed by atoms with Gasteiger partial charge in [0.2, 0.25) is 0 Å². The Morgan fingerprint density at radius 3 is 2.33 bits per heavy atom. The average Bonchev–Trinajstić information content (AvgIpc) is 2.75. The number of hydrogen-bond donors (Lipinski definition) is 2. The second-order valence-corrected chi connectivity index (χ2v) is 6.63. The van der Waals surface area contributed by atoms with E-state index in [9.17, 15) is 5.11 Å². The Kier molecular flexibility index (Phi) is 4.94. The lowest BCUT2D eigenvalue weighted by atomic mass is 9.94. The molecule has 3 rings (SSSR count). The van der Waals surface area contributed by atoms with Crippen molar-refractivity contribution in [3.8, 4) is 0 Å². The van der Waals surface area contributed by atoms with E-state index in [4.69, 9.17) is 4.74 Å². The molecular weight excluding hydrogens is 262 g/mol. The summed E-state index contributed by atoms with van der Waals surface area (Å²) >= 11 is 0. The second kappa shape index (κ2) is 6.91. The van der Waals surface area contributed by atoms with E-state index in [1.165, 1.54) is 25.7 Å². The number of ether oxygens (including phenoxy) is 1. The zero-order chi connectivity index (χ0) is 14.7. The molecule has 2 aliphatic carbocycles. The van der Waals surface area contributed by atoms with Crippen LogP contribution in [0.1, 0.15) is 30.4 Å². The maximum atomic E-state index is 9.24. The van der Waals surface area contributed by atoms with Gasteiger partial charge in [0, 0.05) is 25.8 Å². The molecular formula is C18H27NO2. The molecule has 2 aliphatic rings. The van der Waals surface area contributed by atoms with Gasteiger partial charge in [-0.25, -0.2) is 0 Å². The maximum absolute atomic E-state index is 9.24. The van der Waals surface area contributed by atoms with Gasteiger partial charge in [0.15, 0.2) is 0 Å². The third-order valence-corrected chi connectivity index (χ3v) is 5.28. The first kappa shape index (κ1) is 15.0. The average molecular weight is 289 g/mol. The molecule has 1 fully saturated rings. The molecule has 0 aliphatic heterocycles. The minimum absolute atomic E-state index is 0.226. The van der Waals surface area contributed by atoms with Gasteiger partial charge in [-0.1, -0.05) is 24.3 Å². The van der Waals surface area contributed by atoms with Gasteiger partial charge < -0.3 is 15.2 Å². The van der Waals surface area contributed by atoms with Crippen molar-refractivity contribution in [1.29, 1.82) is 0 Å². The minimum Gasteiger partial charge on any atom is -0.396 e. The highest BCUT2D eigenvalue weighted by Gasteiger charge is 2.39. The monoisotopic (exact) mass is 289 g/mol. The van der Waals surface area contributed by atoms with Gasteiger partial charge in [-0.05, 0) is 55.1 Å². The minimum atomic E-state index is 0.226. The Morgan fingerprint density at radius 1 is 1.19 bits per heavy atom. The number of methoxy groups -OCH3 is 1. The van der Waals surface area contributed by atoms with Crippen molar-refractivity contribution in [2.75, 3.05) is 20.3 Å². The number of hydrogen-bond acceptors (Lipinski definition) is 3. The third-order valence-electron chi connectivity index (χ3n) is 5.28. The van der Waals surface area contributed by atoms with Crippen LogP contribution in [-0.4, -0.2) is 37.5 Å². The molecule has 116 valence electrons. The Balaban J connectivity index is 1.73. The molecule has 3 heteroatoms. The van der Waals surface area contributed by atoms with Gasteiger partial charge in [-0.3, -0.25) is 0 Å². The Hall–Kier alpha value is -0.900. The molecule has 0 amide bonds. The van der Waals surface area contributed by atoms with Crippen LogP contribution in [0.3, 0.4) is 0 Å². The molecule has 0 saturated heterocycles. The van der Waals surface area contributed by atoms with Crippen molar-refractivity contribution < 1.29 is 9.84 Å². The van der Waals surface area contributed by atoms with E-state index in [0.29, 0.717) is 12.6 Å². The van der Waals surface area contributed by atoms with Crippen LogP contribution in [0.4, 0.5) is 0 Å². The van der Waals surface area contributed by atoms with E-state index in [1.807, 2.05) is 0 Å². The van der Waals surface area contributed by atoms with E-state index >= 15 is 0 Å². The summed E-state index contributed by atoms with van der Waals surface area (Å²) in [6.07, 6.45) is 5.83. The molecule has 0 aromatic heterocycles. The normalized spacial score (nSPS) is 29.0. The fraction of sp³-hybridized carbons (Fsp3) is 0.667. The van der Waals surface area contributed by atoms with Gasteiger partial charge in [0.1, 0.15) is 0 Å². The SMILES string of the molecule is COCC(CCO)NC1C2CCC1Cc1ccccc1C2. The quantitative estimate of drug-likeness (QED) is 0.843. The summed E-state index contributed by atoms with van der Waals surface area (Å²) in [4.78, 5) is 0. The fourth-order valence-corrected chi connectivity index (χ4v) is 4.27.